The number of nitrogens with two attached hydrogens (primary N) is 2. The molecule has 82 valence electrons. The van der Waals surface area contributed by atoms with Crippen molar-refractivity contribution in [2.45, 2.75) is 0 Å². The maximum atomic E-state index is 11.6. The first-order valence-electron chi connectivity index (χ1n) is 4.30. The molecule has 0 saturated carbocycles. The van der Waals surface area contributed by atoms with Gasteiger partial charge in [-0.2, -0.15) is 0 Å². The van der Waals surface area contributed by atoms with Crippen LogP contribution >= 0.6 is 7.59 Å². The van der Waals surface area contributed by atoms with E-state index in [1.807, 2.05) is 0 Å². The summed E-state index contributed by atoms with van der Waals surface area (Å²) in [6, 6.07) is 6.23. The summed E-state index contributed by atoms with van der Waals surface area (Å²) in [7, 11) is -3.38. The molecule has 0 radical (unpaired) electrons. The number of hydrogen-bond donors (Lipinski definition) is 3. The molecular weight excluding hydrogens is 213 g/mol. The minimum absolute atomic E-state index is 0.0648. The number of phenols is 1. The molecule has 0 bridgehead atoms. The second kappa shape index (κ2) is 4.49. The molecule has 0 aliphatic carbocycles. The third kappa shape index (κ3) is 3.09. The molecule has 0 heterocycles. The molecule has 0 unspecified atom stereocenters. The van der Waals surface area contributed by atoms with E-state index >= 15 is 0 Å². The third-order valence-corrected chi connectivity index (χ3v) is 2.96. The number of phenolic OH excluding ortho intramolecular Hbond substituents is 1. The molecule has 1 aromatic carbocycles. The molecule has 1 aromatic rings. The van der Waals surface area contributed by atoms with Crippen LogP contribution in [0.2, 0.25) is 0 Å². The summed E-state index contributed by atoms with van der Waals surface area (Å²) in [5.41, 5.74) is 11.3. The summed E-state index contributed by atoms with van der Waals surface area (Å²) >= 11 is 0. The smallest absolute Gasteiger partial charge is 0.300 e. The van der Waals surface area contributed by atoms with Crippen LogP contribution in [0, 0.1) is 0 Å². The van der Waals surface area contributed by atoms with E-state index in [0.29, 0.717) is 5.69 Å². The van der Waals surface area contributed by atoms with Crippen molar-refractivity contribution >= 4 is 13.3 Å². The quantitative estimate of drug-likeness (QED) is 0.534. The Kier molecular flexibility index (Phi) is 3.52. The van der Waals surface area contributed by atoms with Gasteiger partial charge in [-0.05, 0) is 12.1 Å². The number of anilines is 1. The average Bonchev–Trinajstić information content (AvgIpc) is 2.12. The second-order valence-electron chi connectivity index (χ2n) is 3.06. The lowest BCUT2D eigenvalue weighted by Crippen LogP contribution is -2.28. The number of aromatic hydroxyl groups is 1. The predicted octanol–water partition coefficient (Wildman–Crippen LogP) is 1.41. The second-order valence-corrected chi connectivity index (χ2v) is 4.89. The molecule has 5 N–H and O–H groups in total. The Hall–Kier alpha value is -1.29. The largest absolute Gasteiger partial charge is 0.508 e. The fourth-order valence-corrected chi connectivity index (χ4v) is 2.05. The molecule has 0 amide bonds. The van der Waals surface area contributed by atoms with Crippen LogP contribution in [0.15, 0.2) is 36.9 Å². The molecule has 0 spiro atoms. The molecule has 6 heteroatoms. The Balaban J connectivity index is 3.10. The van der Waals surface area contributed by atoms with Crippen LogP contribution in [0.4, 0.5) is 5.69 Å². The Morgan fingerprint density at radius 3 is 2.67 bits per heavy atom. The zero-order valence-electron chi connectivity index (χ0n) is 8.21. The summed E-state index contributed by atoms with van der Waals surface area (Å²) < 4.78 is 12.9. The van der Waals surface area contributed by atoms with E-state index in [1.54, 1.807) is 12.1 Å². The summed E-state index contributed by atoms with van der Waals surface area (Å²) in [5.74, 6) is 0.0648. The number of nitrogens with zero attached hydrogens (tertiary/aromatic N) is 1. The van der Waals surface area contributed by atoms with Crippen LogP contribution in [0.5, 0.6) is 5.75 Å². The van der Waals surface area contributed by atoms with Crippen molar-refractivity contribution in [3.8, 4) is 5.75 Å². The van der Waals surface area contributed by atoms with Gasteiger partial charge in [-0.1, -0.05) is 12.1 Å². The molecule has 1 rings (SSSR count). The first-order valence-corrected chi connectivity index (χ1v) is 6.10. The van der Waals surface area contributed by atoms with Gasteiger partial charge in [-0.25, -0.2) is 0 Å². The highest BCUT2D eigenvalue weighted by Crippen LogP contribution is 2.37. The average molecular weight is 227 g/mol. The van der Waals surface area contributed by atoms with E-state index in [0.717, 1.165) is 0 Å². The Morgan fingerprint density at radius 1 is 1.53 bits per heavy atom. The standard InChI is InChI=1S/C9H14N3O2P/c1-2-6-12(15(10,11)14)8-4-3-5-9(13)7-8/h2-5,7,13H,1,6H2,(H4,10,11,14). The van der Waals surface area contributed by atoms with Gasteiger partial charge in [0.15, 0.2) is 0 Å². The summed E-state index contributed by atoms with van der Waals surface area (Å²) in [4.78, 5) is 0. The minimum Gasteiger partial charge on any atom is -0.508 e. The van der Waals surface area contributed by atoms with E-state index in [4.69, 9.17) is 11.0 Å². The molecular formula is C9H14N3O2P. The van der Waals surface area contributed by atoms with Crippen molar-refractivity contribution in [3.05, 3.63) is 36.9 Å². The van der Waals surface area contributed by atoms with Crippen molar-refractivity contribution in [1.29, 1.82) is 0 Å². The predicted molar refractivity (Wildman–Crippen MR) is 61.6 cm³/mol. The van der Waals surface area contributed by atoms with Gasteiger partial charge in [-0.3, -0.25) is 20.2 Å². The zero-order chi connectivity index (χ0) is 11.5. The first kappa shape index (κ1) is 11.8. The third-order valence-electron chi connectivity index (χ3n) is 1.81. The lowest BCUT2D eigenvalue weighted by atomic mass is 10.3. The van der Waals surface area contributed by atoms with Gasteiger partial charge in [0.25, 0.3) is 0 Å². The highest BCUT2D eigenvalue weighted by Gasteiger charge is 2.20. The Morgan fingerprint density at radius 2 is 2.20 bits per heavy atom. The Labute approximate surface area is 88.5 Å². The van der Waals surface area contributed by atoms with E-state index < -0.39 is 7.59 Å². The maximum Gasteiger partial charge on any atom is 0.300 e. The fourth-order valence-electron chi connectivity index (χ4n) is 1.19. The maximum absolute atomic E-state index is 11.6. The van der Waals surface area contributed by atoms with Gasteiger partial charge in [-0.15, -0.1) is 6.58 Å². The van der Waals surface area contributed by atoms with Crippen LogP contribution in [-0.4, -0.2) is 11.7 Å². The van der Waals surface area contributed by atoms with E-state index in [9.17, 15) is 9.67 Å². The van der Waals surface area contributed by atoms with Crippen LogP contribution in [0.3, 0.4) is 0 Å². The molecule has 15 heavy (non-hydrogen) atoms. The lowest BCUT2D eigenvalue weighted by molar-refractivity contribution is 0.475. The van der Waals surface area contributed by atoms with Crippen LogP contribution in [0.1, 0.15) is 0 Å². The highest BCUT2D eigenvalue weighted by atomic mass is 31.2. The number of hydrogen-bond acceptors (Lipinski definition) is 2. The van der Waals surface area contributed by atoms with Gasteiger partial charge in [0.05, 0.1) is 0 Å². The molecule has 0 aliphatic rings. The van der Waals surface area contributed by atoms with Crippen molar-refractivity contribution in [2.24, 2.45) is 11.0 Å². The normalized spacial score (nSPS) is 11.1. The molecule has 0 atom stereocenters. The van der Waals surface area contributed by atoms with Gasteiger partial charge in [0, 0.05) is 18.3 Å². The molecule has 0 fully saturated rings. The van der Waals surface area contributed by atoms with E-state index in [-0.39, 0.29) is 12.3 Å². The number of benzene rings is 1. The molecule has 0 saturated heterocycles. The SMILES string of the molecule is C=CCN(c1cccc(O)c1)P(N)(N)=O. The van der Waals surface area contributed by atoms with Crippen molar-refractivity contribution in [2.75, 3.05) is 11.2 Å². The van der Waals surface area contributed by atoms with Gasteiger partial charge >= 0.3 is 7.59 Å². The van der Waals surface area contributed by atoms with Crippen molar-refractivity contribution in [1.82, 2.24) is 0 Å². The van der Waals surface area contributed by atoms with Crippen molar-refractivity contribution in [3.63, 3.8) is 0 Å². The molecule has 0 aromatic heterocycles. The fraction of sp³-hybridized carbons (Fsp3) is 0.111. The highest BCUT2D eigenvalue weighted by molar-refractivity contribution is 7.60. The van der Waals surface area contributed by atoms with Crippen LogP contribution in [-0.2, 0) is 4.57 Å². The monoisotopic (exact) mass is 227 g/mol. The molecule has 0 aliphatic heterocycles. The first-order chi connectivity index (χ1) is 6.95. The molecule has 5 nitrogen and oxygen atoms in total. The van der Waals surface area contributed by atoms with Gasteiger partial charge < -0.3 is 5.11 Å². The minimum atomic E-state index is -3.38. The van der Waals surface area contributed by atoms with Crippen LogP contribution in [0.25, 0.3) is 0 Å². The van der Waals surface area contributed by atoms with Crippen LogP contribution < -0.4 is 15.7 Å². The summed E-state index contributed by atoms with van der Waals surface area (Å²) in [5, 5.41) is 9.27. The zero-order valence-corrected chi connectivity index (χ0v) is 9.10. The lowest BCUT2D eigenvalue weighted by Gasteiger charge is -2.26. The Bertz CT molecular complexity index is 402. The van der Waals surface area contributed by atoms with Gasteiger partial charge in [0.2, 0.25) is 0 Å². The van der Waals surface area contributed by atoms with E-state index in [2.05, 4.69) is 6.58 Å². The topological polar surface area (TPSA) is 92.6 Å². The van der Waals surface area contributed by atoms with E-state index in [1.165, 1.54) is 22.9 Å². The summed E-state index contributed by atoms with van der Waals surface area (Å²) in [6.45, 7) is 3.78. The summed E-state index contributed by atoms with van der Waals surface area (Å²) in [6.07, 6.45) is 1.54. The number of rotatable bonds is 4. The van der Waals surface area contributed by atoms with Crippen molar-refractivity contribution < 1.29 is 9.67 Å². The van der Waals surface area contributed by atoms with Gasteiger partial charge in [0.1, 0.15) is 5.75 Å².